The number of carbonyl (C=O) groups is 3. The number of carbonyl (C=O) groups excluding carboxylic acids is 2. The Morgan fingerprint density at radius 2 is 1.96 bits per heavy atom. The number of carboxylic acid groups (broad SMARTS) is 1. The van der Waals surface area contributed by atoms with Crippen molar-refractivity contribution >= 4 is 23.5 Å². The van der Waals surface area contributed by atoms with E-state index in [9.17, 15) is 14.4 Å². The number of carboxylic acids is 1. The van der Waals surface area contributed by atoms with Gasteiger partial charge in [0.2, 0.25) is 5.91 Å². The normalized spacial score (nSPS) is 17.3. The summed E-state index contributed by atoms with van der Waals surface area (Å²) < 4.78 is 5.29. The molecule has 1 aromatic rings. The zero-order valence-corrected chi connectivity index (χ0v) is 14.2. The van der Waals surface area contributed by atoms with Gasteiger partial charge < -0.3 is 20.5 Å². The molecular formula is C19H20N2O5. The molecule has 0 aromatic heterocycles. The number of hydrogen-bond acceptors (Lipinski definition) is 4. The summed E-state index contributed by atoms with van der Waals surface area (Å²) in [6.45, 7) is -0.637. The number of hydrogen-bond donors (Lipinski definition) is 3. The number of ether oxygens (including phenoxy) is 1. The number of alkyl carbamates (subject to hydrolysis) is 1. The highest BCUT2D eigenvalue weighted by atomic mass is 16.5. The third kappa shape index (κ3) is 3.93. The maximum Gasteiger partial charge on any atom is 0.407 e. The van der Waals surface area contributed by atoms with E-state index in [-0.39, 0.29) is 19.1 Å². The molecule has 1 aromatic carbocycles. The van der Waals surface area contributed by atoms with E-state index >= 15 is 0 Å². The molecule has 0 aliphatic heterocycles. The fraction of sp³-hybridized carbons (Fsp3) is 0.316. The quantitative estimate of drug-likeness (QED) is 0.721. The van der Waals surface area contributed by atoms with Crippen molar-refractivity contribution in [3.63, 3.8) is 0 Å². The standard InChI is InChI=1S/C19H20N2O5/c22-17(20-10-18(23)24)9-21-19(25)26-11-16-14-7-3-1-5-12(14)13-6-2-4-8-15(13)16/h1,3-5,7-8,16H,2,6,9-11H2,(H,20,22)(H,21,25)(H,23,24). The van der Waals surface area contributed by atoms with Gasteiger partial charge in [0.1, 0.15) is 19.7 Å². The van der Waals surface area contributed by atoms with E-state index in [1.165, 1.54) is 16.7 Å². The minimum Gasteiger partial charge on any atom is -0.480 e. The maximum absolute atomic E-state index is 11.9. The lowest BCUT2D eigenvalue weighted by Crippen LogP contribution is -2.39. The predicted octanol–water partition coefficient (Wildman–Crippen LogP) is 1.81. The number of amides is 2. The fourth-order valence-electron chi connectivity index (χ4n) is 3.32. The molecule has 2 aliphatic carbocycles. The van der Waals surface area contributed by atoms with Crippen LogP contribution in [0.1, 0.15) is 29.9 Å². The first-order valence-electron chi connectivity index (χ1n) is 8.44. The van der Waals surface area contributed by atoms with Crippen molar-refractivity contribution in [3.05, 3.63) is 53.1 Å². The number of allylic oxidation sites excluding steroid dienone is 3. The molecule has 3 N–H and O–H groups in total. The smallest absolute Gasteiger partial charge is 0.407 e. The van der Waals surface area contributed by atoms with Crippen LogP contribution in [0, 0.1) is 0 Å². The van der Waals surface area contributed by atoms with E-state index in [2.05, 4.69) is 28.9 Å². The summed E-state index contributed by atoms with van der Waals surface area (Å²) >= 11 is 0. The molecule has 26 heavy (non-hydrogen) atoms. The summed E-state index contributed by atoms with van der Waals surface area (Å²) in [6.07, 6.45) is 5.51. The molecule has 0 saturated carbocycles. The molecule has 0 fully saturated rings. The van der Waals surface area contributed by atoms with Gasteiger partial charge in [-0.15, -0.1) is 0 Å². The van der Waals surface area contributed by atoms with Crippen molar-refractivity contribution in [3.8, 4) is 0 Å². The van der Waals surface area contributed by atoms with Crippen LogP contribution in [0.2, 0.25) is 0 Å². The van der Waals surface area contributed by atoms with Gasteiger partial charge in [0.15, 0.2) is 0 Å². The highest BCUT2D eigenvalue weighted by molar-refractivity contribution is 5.85. The first-order chi connectivity index (χ1) is 12.6. The van der Waals surface area contributed by atoms with Crippen LogP contribution < -0.4 is 10.6 Å². The molecule has 3 rings (SSSR count). The number of fused-ring (bicyclic) bond motifs is 2. The number of rotatable bonds is 6. The van der Waals surface area contributed by atoms with Crippen LogP contribution in [0.5, 0.6) is 0 Å². The third-order valence-corrected chi connectivity index (χ3v) is 4.45. The summed E-state index contributed by atoms with van der Waals surface area (Å²) in [7, 11) is 0. The third-order valence-electron chi connectivity index (χ3n) is 4.45. The molecular weight excluding hydrogens is 336 g/mol. The first kappa shape index (κ1) is 17.7. The van der Waals surface area contributed by atoms with Crippen LogP contribution in [0.4, 0.5) is 4.79 Å². The maximum atomic E-state index is 11.9. The lowest BCUT2D eigenvalue weighted by molar-refractivity contribution is -0.137. The van der Waals surface area contributed by atoms with Crippen LogP contribution in [0.25, 0.3) is 5.57 Å². The topological polar surface area (TPSA) is 105 Å². The van der Waals surface area contributed by atoms with Crippen LogP contribution in [0.3, 0.4) is 0 Å². The van der Waals surface area contributed by atoms with Crippen molar-refractivity contribution in [1.82, 2.24) is 10.6 Å². The van der Waals surface area contributed by atoms with E-state index in [0.717, 1.165) is 18.4 Å². The molecule has 1 atom stereocenters. The summed E-state index contributed by atoms with van der Waals surface area (Å²) in [5.74, 6) is -1.74. The van der Waals surface area contributed by atoms with Crippen molar-refractivity contribution in [1.29, 1.82) is 0 Å². The zero-order chi connectivity index (χ0) is 18.5. The van der Waals surface area contributed by atoms with Crippen LogP contribution in [-0.4, -0.2) is 42.8 Å². The Bertz CT molecular complexity index is 797. The fourth-order valence-corrected chi connectivity index (χ4v) is 3.32. The zero-order valence-electron chi connectivity index (χ0n) is 14.2. The summed E-state index contributed by atoms with van der Waals surface area (Å²) in [5.41, 5.74) is 4.86. The Kier molecular flexibility index (Phi) is 5.36. The second-order valence-corrected chi connectivity index (χ2v) is 6.14. The lowest BCUT2D eigenvalue weighted by atomic mass is 9.93. The Labute approximate surface area is 150 Å². The highest BCUT2D eigenvalue weighted by Crippen LogP contribution is 2.46. The van der Waals surface area contributed by atoms with Gasteiger partial charge in [0.05, 0.1) is 0 Å². The van der Waals surface area contributed by atoms with E-state index in [4.69, 9.17) is 9.84 Å². The Morgan fingerprint density at radius 1 is 1.15 bits per heavy atom. The molecule has 136 valence electrons. The number of benzene rings is 1. The van der Waals surface area contributed by atoms with Gasteiger partial charge in [-0.3, -0.25) is 9.59 Å². The molecule has 0 spiro atoms. The van der Waals surface area contributed by atoms with Gasteiger partial charge in [-0.05, 0) is 35.1 Å². The highest BCUT2D eigenvalue weighted by Gasteiger charge is 2.31. The first-order valence-corrected chi connectivity index (χ1v) is 8.44. The molecule has 0 saturated heterocycles. The number of nitrogens with one attached hydrogen (secondary N) is 2. The van der Waals surface area contributed by atoms with Gasteiger partial charge in [0, 0.05) is 5.92 Å². The predicted molar refractivity (Wildman–Crippen MR) is 94.5 cm³/mol. The van der Waals surface area contributed by atoms with Crippen molar-refractivity contribution < 1.29 is 24.2 Å². The van der Waals surface area contributed by atoms with Crippen molar-refractivity contribution in [2.24, 2.45) is 0 Å². The van der Waals surface area contributed by atoms with Crippen LogP contribution in [0.15, 0.2) is 42.0 Å². The van der Waals surface area contributed by atoms with E-state index in [1.807, 2.05) is 18.2 Å². The second kappa shape index (κ2) is 7.86. The molecule has 0 heterocycles. The van der Waals surface area contributed by atoms with E-state index < -0.39 is 24.5 Å². The molecule has 0 radical (unpaired) electrons. The Balaban J connectivity index is 1.55. The summed E-state index contributed by atoms with van der Waals surface area (Å²) in [6, 6.07) is 8.12. The SMILES string of the molecule is O=C(O)CNC(=O)CNC(=O)OCC1C2=C(CCC=C2)c2ccccc21. The number of aliphatic carboxylic acids is 1. The molecule has 2 amide bonds. The Morgan fingerprint density at radius 3 is 2.77 bits per heavy atom. The molecule has 7 heteroatoms. The lowest BCUT2D eigenvalue weighted by Gasteiger charge is -2.16. The van der Waals surface area contributed by atoms with Crippen LogP contribution >= 0.6 is 0 Å². The molecule has 7 nitrogen and oxygen atoms in total. The van der Waals surface area contributed by atoms with Gasteiger partial charge in [-0.2, -0.15) is 0 Å². The van der Waals surface area contributed by atoms with E-state index in [0.29, 0.717) is 0 Å². The van der Waals surface area contributed by atoms with Gasteiger partial charge in [-0.25, -0.2) is 4.79 Å². The van der Waals surface area contributed by atoms with Gasteiger partial charge in [0.25, 0.3) is 0 Å². The molecule has 2 aliphatic rings. The Hall–Kier alpha value is -3.09. The van der Waals surface area contributed by atoms with Crippen molar-refractivity contribution in [2.75, 3.05) is 19.7 Å². The summed E-state index contributed by atoms with van der Waals surface area (Å²) in [5, 5.41) is 13.0. The monoisotopic (exact) mass is 356 g/mol. The minimum absolute atomic E-state index is 0.00987. The molecule has 1 unspecified atom stereocenters. The van der Waals surface area contributed by atoms with Crippen molar-refractivity contribution in [2.45, 2.75) is 18.8 Å². The average Bonchev–Trinajstić information content (AvgIpc) is 2.97. The van der Waals surface area contributed by atoms with Crippen LogP contribution in [-0.2, 0) is 14.3 Å². The average molecular weight is 356 g/mol. The second-order valence-electron chi connectivity index (χ2n) is 6.14. The largest absolute Gasteiger partial charge is 0.480 e. The van der Waals surface area contributed by atoms with Gasteiger partial charge in [-0.1, -0.05) is 36.4 Å². The minimum atomic E-state index is -1.15. The summed E-state index contributed by atoms with van der Waals surface area (Å²) in [4.78, 5) is 33.6. The van der Waals surface area contributed by atoms with Gasteiger partial charge >= 0.3 is 12.1 Å². The molecule has 0 bridgehead atoms. The van der Waals surface area contributed by atoms with E-state index in [1.54, 1.807) is 0 Å².